The Morgan fingerprint density at radius 2 is 2.00 bits per heavy atom. The van der Waals surface area contributed by atoms with Crippen LogP contribution in [-0.4, -0.2) is 46.5 Å². The number of nitrogens with one attached hydrogen (secondary N) is 2. The van der Waals surface area contributed by atoms with Crippen molar-refractivity contribution in [2.75, 3.05) is 19.6 Å². The van der Waals surface area contributed by atoms with Gasteiger partial charge < -0.3 is 10.2 Å². The van der Waals surface area contributed by atoms with Gasteiger partial charge in [0.05, 0.1) is 17.5 Å². The fourth-order valence-corrected chi connectivity index (χ4v) is 3.85. The number of likely N-dealkylation sites (tertiary alicyclic amines) is 1. The Morgan fingerprint density at radius 3 is 2.83 bits per heavy atom. The summed E-state index contributed by atoms with van der Waals surface area (Å²) < 4.78 is 0. The number of aromatic nitrogens is 2. The number of H-pyrrole nitrogens is 1. The Hall–Kier alpha value is -1.85. The third-order valence-electron chi connectivity index (χ3n) is 5.27. The van der Waals surface area contributed by atoms with Crippen molar-refractivity contribution in [3.63, 3.8) is 0 Å². The van der Waals surface area contributed by atoms with E-state index in [1.54, 1.807) is 6.20 Å². The fraction of sp³-hybridized carbons (Fsp3) is 0.722. The number of carbonyl (C=O) groups is 2. The average molecular weight is 332 g/mol. The normalized spacial score (nSPS) is 20.0. The molecule has 0 atom stereocenters. The summed E-state index contributed by atoms with van der Waals surface area (Å²) in [6.45, 7) is 1.91. The van der Waals surface area contributed by atoms with E-state index in [-0.39, 0.29) is 11.8 Å². The molecule has 2 aliphatic rings. The first-order chi connectivity index (χ1) is 11.8. The summed E-state index contributed by atoms with van der Waals surface area (Å²) in [6, 6.07) is 0. The minimum Gasteiger partial charge on any atom is -0.350 e. The van der Waals surface area contributed by atoms with Gasteiger partial charge in [0.1, 0.15) is 0 Å². The van der Waals surface area contributed by atoms with Crippen molar-refractivity contribution in [2.45, 2.75) is 63.7 Å². The first-order valence-corrected chi connectivity index (χ1v) is 9.35. The summed E-state index contributed by atoms with van der Waals surface area (Å²) in [6.07, 6.45) is 11.4. The maximum Gasteiger partial charge on any atom is 0.254 e. The van der Waals surface area contributed by atoms with E-state index in [1.165, 1.54) is 19.3 Å². The maximum absolute atomic E-state index is 12.5. The van der Waals surface area contributed by atoms with Crippen LogP contribution in [0.5, 0.6) is 0 Å². The maximum atomic E-state index is 12.5. The minimum absolute atomic E-state index is 0.0772. The van der Waals surface area contributed by atoms with Gasteiger partial charge in [-0.1, -0.05) is 25.7 Å². The lowest BCUT2D eigenvalue weighted by Gasteiger charge is -2.22. The van der Waals surface area contributed by atoms with E-state index in [0.29, 0.717) is 31.0 Å². The van der Waals surface area contributed by atoms with E-state index in [2.05, 4.69) is 15.5 Å². The topological polar surface area (TPSA) is 78.1 Å². The van der Waals surface area contributed by atoms with E-state index in [0.717, 1.165) is 44.3 Å². The summed E-state index contributed by atoms with van der Waals surface area (Å²) in [5, 5.41) is 10.1. The van der Waals surface area contributed by atoms with E-state index < -0.39 is 0 Å². The number of carbonyl (C=O) groups excluding carboxylic acids is 2. The Labute approximate surface area is 143 Å². The third-order valence-corrected chi connectivity index (χ3v) is 5.27. The lowest BCUT2D eigenvalue weighted by atomic mass is 9.85. The molecule has 2 heterocycles. The Kier molecular flexibility index (Phi) is 5.88. The molecule has 2 N–H and O–H groups in total. The van der Waals surface area contributed by atoms with Gasteiger partial charge in [-0.15, -0.1) is 0 Å². The van der Waals surface area contributed by atoms with Crippen LogP contribution in [0.3, 0.4) is 0 Å². The second kappa shape index (κ2) is 8.31. The molecule has 1 saturated carbocycles. The highest BCUT2D eigenvalue weighted by Crippen LogP contribution is 2.33. The van der Waals surface area contributed by atoms with Crippen LogP contribution in [0.4, 0.5) is 0 Å². The quantitative estimate of drug-likeness (QED) is 0.870. The highest BCUT2D eigenvalue weighted by Gasteiger charge is 2.23. The zero-order valence-corrected chi connectivity index (χ0v) is 14.4. The molecule has 3 rings (SSSR count). The van der Waals surface area contributed by atoms with Crippen molar-refractivity contribution in [3.8, 4) is 0 Å². The van der Waals surface area contributed by atoms with Crippen LogP contribution in [0.2, 0.25) is 0 Å². The fourth-order valence-electron chi connectivity index (χ4n) is 3.85. The van der Waals surface area contributed by atoms with Crippen molar-refractivity contribution in [3.05, 3.63) is 17.5 Å². The summed E-state index contributed by atoms with van der Waals surface area (Å²) in [7, 11) is 0. The molecule has 0 bridgehead atoms. The average Bonchev–Trinajstić information content (AvgIpc) is 3.01. The van der Waals surface area contributed by atoms with Crippen molar-refractivity contribution in [1.29, 1.82) is 0 Å². The molecule has 1 aliphatic heterocycles. The van der Waals surface area contributed by atoms with E-state index in [1.807, 2.05) is 4.90 Å². The Morgan fingerprint density at radius 1 is 1.21 bits per heavy atom. The van der Waals surface area contributed by atoms with Gasteiger partial charge >= 0.3 is 0 Å². The van der Waals surface area contributed by atoms with Crippen molar-refractivity contribution in [1.82, 2.24) is 20.4 Å². The molecule has 0 aromatic carbocycles. The molecule has 6 heteroatoms. The zero-order valence-electron chi connectivity index (χ0n) is 14.4. The van der Waals surface area contributed by atoms with Crippen LogP contribution >= 0.6 is 0 Å². The molecule has 132 valence electrons. The summed E-state index contributed by atoms with van der Waals surface area (Å²) in [4.78, 5) is 26.3. The standard InChI is InChI=1S/C18H28N4O2/c23-16-9-5-2-6-11-22(16)12-10-19-18(24)15-13-20-21-17(15)14-7-3-1-4-8-14/h13-14H,1-12H2,(H,19,24)(H,20,21). The van der Waals surface area contributed by atoms with Gasteiger partial charge in [-0.05, 0) is 25.7 Å². The van der Waals surface area contributed by atoms with E-state index >= 15 is 0 Å². The van der Waals surface area contributed by atoms with Crippen LogP contribution in [0.25, 0.3) is 0 Å². The predicted octanol–water partition coefficient (Wildman–Crippen LogP) is 2.59. The monoisotopic (exact) mass is 332 g/mol. The van der Waals surface area contributed by atoms with E-state index in [4.69, 9.17) is 0 Å². The molecule has 0 unspecified atom stereocenters. The molecule has 1 aliphatic carbocycles. The summed E-state index contributed by atoms with van der Waals surface area (Å²) >= 11 is 0. The third kappa shape index (κ3) is 4.16. The van der Waals surface area contributed by atoms with Gasteiger partial charge in [0, 0.05) is 32.0 Å². The van der Waals surface area contributed by atoms with Crippen LogP contribution in [-0.2, 0) is 4.79 Å². The number of hydrogen-bond donors (Lipinski definition) is 2. The second-order valence-corrected chi connectivity index (χ2v) is 6.98. The lowest BCUT2D eigenvalue weighted by Crippen LogP contribution is -2.38. The van der Waals surface area contributed by atoms with Gasteiger partial charge in [0.15, 0.2) is 0 Å². The van der Waals surface area contributed by atoms with Crippen LogP contribution in [0, 0.1) is 0 Å². The van der Waals surface area contributed by atoms with Crippen LogP contribution in [0.1, 0.15) is 79.8 Å². The minimum atomic E-state index is -0.0772. The molecular weight excluding hydrogens is 304 g/mol. The number of amides is 2. The Bertz CT molecular complexity index is 563. The van der Waals surface area contributed by atoms with Gasteiger partial charge in [0.2, 0.25) is 5.91 Å². The van der Waals surface area contributed by atoms with Crippen LogP contribution < -0.4 is 5.32 Å². The molecule has 1 aromatic heterocycles. The van der Waals surface area contributed by atoms with Gasteiger partial charge in [-0.2, -0.15) is 5.10 Å². The molecule has 1 aromatic rings. The highest BCUT2D eigenvalue weighted by molar-refractivity contribution is 5.95. The molecule has 6 nitrogen and oxygen atoms in total. The van der Waals surface area contributed by atoms with Gasteiger partial charge in [-0.25, -0.2) is 0 Å². The largest absolute Gasteiger partial charge is 0.350 e. The summed E-state index contributed by atoms with van der Waals surface area (Å²) in [5.41, 5.74) is 1.65. The zero-order chi connectivity index (χ0) is 16.8. The molecule has 0 radical (unpaired) electrons. The lowest BCUT2D eigenvalue weighted by molar-refractivity contribution is -0.130. The molecule has 2 fully saturated rings. The highest BCUT2D eigenvalue weighted by atomic mass is 16.2. The SMILES string of the molecule is O=C(NCCN1CCCCCC1=O)c1cn[nH]c1C1CCCCC1. The molecule has 24 heavy (non-hydrogen) atoms. The molecule has 0 spiro atoms. The van der Waals surface area contributed by atoms with Gasteiger partial charge in [0.25, 0.3) is 5.91 Å². The van der Waals surface area contributed by atoms with Crippen LogP contribution in [0.15, 0.2) is 6.20 Å². The molecule has 2 amide bonds. The first kappa shape index (κ1) is 17.0. The molecular formula is C18H28N4O2. The van der Waals surface area contributed by atoms with Gasteiger partial charge in [-0.3, -0.25) is 14.7 Å². The number of hydrogen-bond acceptors (Lipinski definition) is 3. The summed E-state index contributed by atoms with van der Waals surface area (Å²) in [5.74, 6) is 0.564. The van der Waals surface area contributed by atoms with Crippen molar-refractivity contribution >= 4 is 11.8 Å². The first-order valence-electron chi connectivity index (χ1n) is 9.35. The second-order valence-electron chi connectivity index (χ2n) is 6.98. The smallest absolute Gasteiger partial charge is 0.254 e. The van der Waals surface area contributed by atoms with Crippen molar-refractivity contribution < 1.29 is 9.59 Å². The van der Waals surface area contributed by atoms with E-state index in [9.17, 15) is 9.59 Å². The predicted molar refractivity (Wildman–Crippen MR) is 91.8 cm³/mol. The molecule has 1 saturated heterocycles. The number of nitrogens with zero attached hydrogens (tertiary/aromatic N) is 2. The van der Waals surface area contributed by atoms with Crippen molar-refractivity contribution in [2.24, 2.45) is 0 Å². The number of rotatable bonds is 5. The Balaban J connectivity index is 1.52. The number of aromatic amines is 1.